The van der Waals surface area contributed by atoms with Crippen LogP contribution in [-0.4, -0.2) is 29.2 Å². The normalized spacial score (nSPS) is 18.8. The van der Waals surface area contributed by atoms with Crippen molar-refractivity contribution in [1.82, 2.24) is 10.3 Å². The molecule has 6 nitrogen and oxygen atoms in total. The Morgan fingerprint density at radius 3 is 2.66 bits per heavy atom. The fraction of sp³-hybridized carbons (Fsp3) is 0.261. The van der Waals surface area contributed by atoms with Crippen molar-refractivity contribution in [2.45, 2.75) is 31.3 Å². The van der Waals surface area contributed by atoms with Gasteiger partial charge in [-0.05, 0) is 30.5 Å². The van der Waals surface area contributed by atoms with Crippen LogP contribution in [0.5, 0.6) is 0 Å². The van der Waals surface area contributed by atoms with Gasteiger partial charge in [0.1, 0.15) is 5.58 Å². The van der Waals surface area contributed by atoms with Crippen molar-refractivity contribution < 1.29 is 9.21 Å². The van der Waals surface area contributed by atoms with E-state index >= 15 is 0 Å². The molecule has 1 saturated carbocycles. The van der Waals surface area contributed by atoms with Gasteiger partial charge in [0.2, 0.25) is 0 Å². The number of amides is 1. The Hall–Kier alpha value is -3.25. The summed E-state index contributed by atoms with van der Waals surface area (Å²) in [6, 6.07) is 19.2. The van der Waals surface area contributed by atoms with E-state index in [1.165, 1.54) is 5.01 Å². The van der Waals surface area contributed by atoms with Crippen molar-refractivity contribution >= 4 is 22.6 Å². The smallest absolute Gasteiger partial charge is 0.345 e. The van der Waals surface area contributed by atoms with Crippen molar-refractivity contribution in [3.63, 3.8) is 0 Å². The van der Waals surface area contributed by atoms with Gasteiger partial charge in [-0.1, -0.05) is 48.5 Å². The predicted octanol–water partition coefficient (Wildman–Crippen LogP) is 3.22. The van der Waals surface area contributed by atoms with Crippen molar-refractivity contribution in [3.8, 4) is 0 Å². The zero-order chi connectivity index (χ0) is 19.8. The van der Waals surface area contributed by atoms with Crippen molar-refractivity contribution in [1.29, 1.82) is 0 Å². The lowest BCUT2D eigenvalue weighted by atomic mass is 9.98. The van der Waals surface area contributed by atoms with E-state index in [2.05, 4.69) is 10.4 Å². The summed E-state index contributed by atoms with van der Waals surface area (Å²) >= 11 is 0. The van der Waals surface area contributed by atoms with E-state index in [0.29, 0.717) is 29.3 Å². The van der Waals surface area contributed by atoms with Crippen LogP contribution in [0.15, 0.2) is 75.0 Å². The first-order valence-electron chi connectivity index (χ1n) is 9.90. The Kier molecular flexibility index (Phi) is 4.48. The van der Waals surface area contributed by atoms with E-state index in [9.17, 15) is 9.59 Å². The van der Waals surface area contributed by atoms with Gasteiger partial charge in [0.05, 0.1) is 23.9 Å². The molecule has 5 rings (SSSR count). The number of fused-ring (bicyclic) bond motifs is 1. The lowest BCUT2D eigenvalue weighted by molar-refractivity contribution is -0.132. The molecule has 1 aliphatic heterocycles. The number of benzene rings is 2. The molecule has 3 aromatic rings. The zero-order valence-corrected chi connectivity index (χ0v) is 15.9. The molecule has 1 aliphatic carbocycles. The van der Waals surface area contributed by atoms with E-state index in [1.807, 2.05) is 48.5 Å². The van der Waals surface area contributed by atoms with E-state index in [0.717, 1.165) is 23.8 Å². The van der Waals surface area contributed by atoms with E-state index in [1.54, 1.807) is 12.1 Å². The van der Waals surface area contributed by atoms with Crippen molar-refractivity contribution in [3.05, 3.63) is 82.2 Å². The summed E-state index contributed by atoms with van der Waals surface area (Å²) in [6.45, 7) is 0.247. The van der Waals surface area contributed by atoms with Gasteiger partial charge in [-0.15, -0.1) is 0 Å². The first-order chi connectivity index (χ1) is 14.2. The van der Waals surface area contributed by atoms with Crippen LogP contribution in [0.1, 0.15) is 36.4 Å². The molecule has 0 bridgehead atoms. The lowest BCUT2D eigenvalue weighted by Gasteiger charge is -2.22. The molecule has 1 amide bonds. The quantitative estimate of drug-likeness (QED) is 0.682. The second-order valence-corrected chi connectivity index (χ2v) is 7.56. The minimum atomic E-state index is -0.431. The standard InChI is InChI=1S/C23H21N3O3/c27-22(14-24-17-10-11-17)26-20(15-6-2-1-3-7-15)13-19(25-26)18-12-16-8-4-5-9-21(16)29-23(18)28/h1-9,12,17,20,24H,10-11,13-14H2. The third kappa shape index (κ3) is 3.59. The van der Waals surface area contributed by atoms with Crippen LogP contribution in [0.25, 0.3) is 11.0 Å². The van der Waals surface area contributed by atoms with E-state index < -0.39 is 5.63 Å². The van der Waals surface area contributed by atoms with Crippen LogP contribution in [0.4, 0.5) is 0 Å². The van der Waals surface area contributed by atoms with Gasteiger partial charge in [-0.3, -0.25) is 4.79 Å². The number of carbonyl (C=O) groups excluding carboxylic acids is 1. The Morgan fingerprint density at radius 2 is 1.86 bits per heavy atom. The Morgan fingerprint density at radius 1 is 1.10 bits per heavy atom. The molecule has 146 valence electrons. The highest BCUT2D eigenvalue weighted by atomic mass is 16.4. The fourth-order valence-corrected chi connectivity index (χ4v) is 3.70. The molecule has 0 saturated heterocycles. The third-order valence-corrected chi connectivity index (χ3v) is 5.42. The largest absolute Gasteiger partial charge is 0.422 e. The summed E-state index contributed by atoms with van der Waals surface area (Å²) in [6.07, 6.45) is 2.70. The maximum Gasteiger partial charge on any atom is 0.345 e. The molecule has 6 heteroatoms. The first-order valence-corrected chi connectivity index (χ1v) is 9.90. The number of hydrazone groups is 1. The molecule has 1 N–H and O–H groups in total. The van der Waals surface area contributed by atoms with Gasteiger partial charge in [0, 0.05) is 17.8 Å². The Balaban J connectivity index is 1.51. The molecule has 0 radical (unpaired) electrons. The summed E-state index contributed by atoms with van der Waals surface area (Å²) in [7, 11) is 0. The Bertz CT molecular complexity index is 1150. The van der Waals surface area contributed by atoms with E-state index in [4.69, 9.17) is 4.42 Å². The topological polar surface area (TPSA) is 74.9 Å². The van der Waals surface area contributed by atoms with Crippen LogP contribution in [0, 0.1) is 0 Å². The summed E-state index contributed by atoms with van der Waals surface area (Å²) in [4.78, 5) is 25.5. The van der Waals surface area contributed by atoms with Crippen LogP contribution in [0.3, 0.4) is 0 Å². The highest BCUT2D eigenvalue weighted by Gasteiger charge is 2.34. The molecule has 2 aromatic carbocycles. The van der Waals surface area contributed by atoms with Gasteiger partial charge in [0.15, 0.2) is 0 Å². The molecule has 1 unspecified atom stereocenters. The number of nitrogens with zero attached hydrogens (tertiary/aromatic N) is 2. The van der Waals surface area contributed by atoms with Crippen LogP contribution < -0.4 is 10.9 Å². The van der Waals surface area contributed by atoms with Gasteiger partial charge in [-0.2, -0.15) is 5.10 Å². The lowest BCUT2D eigenvalue weighted by Crippen LogP contribution is -2.36. The van der Waals surface area contributed by atoms with Crippen molar-refractivity contribution in [2.75, 3.05) is 6.54 Å². The average molecular weight is 387 g/mol. The Labute approximate surface area is 167 Å². The first kappa shape index (κ1) is 17.8. The average Bonchev–Trinajstić information content (AvgIpc) is 3.48. The highest BCUT2D eigenvalue weighted by molar-refractivity contribution is 6.04. The third-order valence-electron chi connectivity index (χ3n) is 5.42. The van der Waals surface area contributed by atoms with Crippen LogP contribution in [0.2, 0.25) is 0 Å². The second-order valence-electron chi connectivity index (χ2n) is 7.56. The van der Waals surface area contributed by atoms with Crippen molar-refractivity contribution in [2.24, 2.45) is 5.10 Å². The van der Waals surface area contributed by atoms with E-state index in [-0.39, 0.29) is 18.5 Å². The van der Waals surface area contributed by atoms with Gasteiger partial charge >= 0.3 is 5.63 Å². The fourth-order valence-electron chi connectivity index (χ4n) is 3.70. The zero-order valence-electron chi connectivity index (χ0n) is 15.9. The maximum atomic E-state index is 12.9. The van der Waals surface area contributed by atoms with Crippen LogP contribution in [-0.2, 0) is 4.79 Å². The number of hydrogen-bond donors (Lipinski definition) is 1. The summed E-state index contributed by atoms with van der Waals surface area (Å²) < 4.78 is 5.48. The molecule has 1 atom stereocenters. The molecular weight excluding hydrogens is 366 g/mol. The molecule has 1 aromatic heterocycles. The molecule has 0 spiro atoms. The molecule has 2 aliphatic rings. The number of para-hydroxylation sites is 1. The van der Waals surface area contributed by atoms with Gasteiger partial charge in [-0.25, -0.2) is 9.80 Å². The SMILES string of the molecule is O=C(CNC1CC1)N1N=C(c2cc3ccccc3oc2=O)CC1c1ccccc1. The predicted molar refractivity (Wildman–Crippen MR) is 111 cm³/mol. The maximum absolute atomic E-state index is 12.9. The minimum absolute atomic E-state index is 0.0917. The van der Waals surface area contributed by atoms with Gasteiger partial charge < -0.3 is 9.73 Å². The number of rotatable bonds is 5. The summed E-state index contributed by atoms with van der Waals surface area (Å²) in [5.74, 6) is -0.0917. The number of hydrogen-bond acceptors (Lipinski definition) is 5. The molecular formula is C23H21N3O3. The molecule has 1 fully saturated rings. The highest BCUT2D eigenvalue weighted by Crippen LogP contribution is 2.32. The monoisotopic (exact) mass is 387 g/mol. The number of carbonyl (C=O) groups is 1. The van der Waals surface area contributed by atoms with Crippen LogP contribution >= 0.6 is 0 Å². The summed E-state index contributed by atoms with van der Waals surface area (Å²) in [5.41, 5.74) is 2.10. The number of nitrogens with one attached hydrogen (secondary N) is 1. The molecule has 2 heterocycles. The minimum Gasteiger partial charge on any atom is -0.422 e. The van der Waals surface area contributed by atoms with Gasteiger partial charge in [0.25, 0.3) is 5.91 Å². The molecule has 29 heavy (non-hydrogen) atoms. The second kappa shape index (κ2) is 7.29. The summed E-state index contributed by atoms with van der Waals surface area (Å²) in [5, 5.41) is 10.2.